The molecule has 1 aliphatic heterocycles. The molecule has 0 aromatic heterocycles. The van der Waals surface area contributed by atoms with Crippen LogP contribution in [0.5, 0.6) is 28.7 Å². The van der Waals surface area contributed by atoms with Crippen LogP contribution in [-0.2, 0) is 43.9 Å². The number of benzene rings is 6. The van der Waals surface area contributed by atoms with E-state index in [1.165, 1.54) is 14.0 Å². The molecule has 6 aliphatic carbocycles. The molecule has 11 nitrogen and oxygen atoms in total. The maximum Gasteiger partial charge on any atom is 0.316 e. The summed E-state index contributed by atoms with van der Waals surface area (Å²) >= 11 is 0. The zero-order chi connectivity index (χ0) is 55.8. The number of carbonyl (C=O) groups is 2. The molecule has 0 amide bonds. The molecular weight excluding hydrogens is 1010 g/mol. The second-order valence-electron chi connectivity index (χ2n) is 24.9. The highest BCUT2D eigenvalue weighted by Gasteiger charge is 2.65. The van der Waals surface area contributed by atoms with Crippen molar-refractivity contribution in [3.05, 3.63) is 154 Å². The van der Waals surface area contributed by atoms with Crippen molar-refractivity contribution in [1.82, 2.24) is 5.32 Å². The van der Waals surface area contributed by atoms with E-state index in [-0.39, 0.29) is 64.6 Å². The van der Waals surface area contributed by atoms with Crippen LogP contribution in [0.1, 0.15) is 128 Å². The van der Waals surface area contributed by atoms with Crippen LogP contribution in [0.4, 0.5) is 0 Å². The van der Waals surface area contributed by atoms with Gasteiger partial charge < -0.3 is 44.7 Å². The lowest BCUT2D eigenvalue weighted by atomic mass is 9.40. The Morgan fingerprint density at radius 3 is 2.36 bits per heavy atom. The van der Waals surface area contributed by atoms with E-state index in [1.807, 2.05) is 54.6 Å². The quantitative estimate of drug-likeness (QED) is 0.0764. The van der Waals surface area contributed by atoms with Crippen molar-refractivity contribution in [2.24, 2.45) is 34.5 Å². The second-order valence-corrected chi connectivity index (χ2v) is 24.9. The molecule has 11 unspecified atom stereocenters. The van der Waals surface area contributed by atoms with Crippen molar-refractivity contribution < 1.29 is 49.0 Å². The minimum absolute atomic E-state index is 0.0117. The lowest BCUT2D eigenvalue weighted by Gasteiger charge is -2.64. The molecule has 13 rings (SSSR count). The van der Waals surface area contributed by atoms with Gasteiger partial charge in [-0.25, -0.2) is 0 Å². The number of hydrogen-bond donors (Lipinski definition) is 5. The monoisotopic (exact) mass is 1090 g/mol. The summed E-state index contributed by atoms with van der Waals surface area (Å²) in [6.45, 7) is 2.91. The third kappa shape index (κ3) is 9.31. The van der Waals surface area contributed by atoms with Gasteiger partial charge in [0.05, 0.1) is 25.7 Å². The summed E-state index contributed by atoms with van der Waals surface area (Å²) in [6.07, 6.45) is 10.8. The highest BCUT2D eigenvalue weighted by Crippen LogP contribution is 2.70. The number of hydrogen-bond acceptors (Lipinski definition) is 11. The third-order valence-corrected chi connectivity index (χ3v) is 20.4. The standard InChI is InChI=1S/C70H73NO10/c1-41(72)80-63-34-51(81-67(77)69-22-10-14-43(38-69)18-23-68(20-7-8-21-68)40-71-39-44-13-9-15-45(25-44)53-32-50(73)26-46-16-17-49(69)31-52(46)53)33-56-54-36-65(79-3)61(75)29-47(54)27-57-60(74)37-58-55-35-62(76)64(78-2)30-48(55)28-59(63)70(58,66(56)57)24-19-42-11-5-4-6-12-42/h4-6,9,11-13,15-17,19,24-26,29-32,35-36,43,51,56-60,63,66,71,73-76H,7-8,10,14,20-22,27-28,33-34,37-40H2,1-3H3. The van der Waals surface area contributed by atoms with E-state index in [0.717, 1.165) is 106 Å². The molecule has 418 valence electrons. The van der Waals surface area contributed by atoms with Crippen molar-refractivity contribution in [2.45, 2.75) is 133 Å². The van der Waals surface area contributed by atoms with Crippen LogP contribution < -0.4 is 14.8 Å². The van der Waals surface area contributed by atoms with Gasteiger partial charge in [-0.15, -0.1) is 0 Å². The molecule has 1 spiro atoms. The van der Waals surface area contributed by atoms with E-state index in [4.69, 9.17) is 18.9 Å². The highest BCUT2D eigenvalue weighted by atomic mass is 16.6. The fourth-order valence-corrected chi connectivity index (χ4v) is 16.9. The number of fused-ring (bicyclic) bond motifs is 11. The number of phenolic OH excluding ortho intramolecular Hbond substituents is 3. The van der Waals surface area contributed by atoms with Crippen LogP contribution in [0.3, 0.4) is 0 Å². The van der Waals surface area contributed by atoms with Gasteiger partial charge in [-0.3, -0.25) is 9.59 Å². The van der Waals surface area contributed by atoms with Gasteiger partial charge >= 0.3 is 11.9 Å². The maximum absolute atomic E-state index is 16.5. The molecule has 7 aliphatic rings. The summed E-state index contributed by atoms with van der Waals surface area (Å²) in [6, 6.07) is 35.9. The molecular formula is C70H73NO10. The number of nitrogens with one attached hydrogen (secondary N) is 1. The van der Waals surface area contributed by atoms with Crippen LogP contribution in [0.2, 0.25) is 0 Å². The average molecular weight is 1090 g/mol. The lowest BCUT2D eigenvalue weighted by molar-refractivity contribution is -0.179. The van der Waals surface area contributed by atoms with Gasteiger partial charge in [-0.2, -0.15) is 0 Å². The Bertz CT molecular complexity index is 3540. The lowest BCUT2D eigenvalue weighted by Crippen LogP contribution is -2.62. The summed E-state index contributed by atoms with van der Waals surface area (Å²) in [5, 5.41) is 52.7. The first-order valence-electron chi connectivity index (χ1n) is 29.5. The highest BCUT2D eigenvalue weighted by molar-refractivity contribution is 5.99. The van der Waals surface area contributed by atoms with Crippen LogP contribution in [0, 0.1) is 46.3 Å². The number of ether oxygens (including phenoxy) is 4. The molecule has 4 saturated carbocycles. The van der Waals surface area contributed by atoms with E-state index < -0.39 is 41.0 Å². The predicted octanol–water partition coefficient (Wildman–Crippen LogP) is 12.4. The summed E-state index contributed by atoms with van der Waals surface area (Å²) in [5.41, 5.74) is 6.44. The largest absolute Gasteiger partial charge is 0.508 e. The Balaban J connectivity index is 0.995. The predicted molar refractivity (Wildman–Crippen MR) is 311 cm³/mol. The van der Waals surface area contributed by atoms with Gasteiger partial charge in [0.1, 0.15) is 18.0 Å². The molecule has 81 heavy (non-hydrogen) atoms. The molecule has 6 bridgehead atoms. The number of rotatable bonds is 7. The molecule has 0 saturated heterocycles. The van der Waals surface area contributed by atoms with E-state index in [1.54, 1.807) is 19.2 Å². The van der Waals surface area contributed by atoms with Crippen molar-refractivity contribution in [1.29, 1.82) is 0 Å². The van der Waals surface area contributed by atoms with Gasteiger partial charge in [-0.1, -0.05) is 104 Å². The summed E-state index contributed by atoms with van der Waals surface area (Å²) in [7, 11) is 3.09. The molecule has 0 radical (unpaired) electrons. The topological polar surface area (TPSA) is 164 Å². The van der Waals surface area contributed by atoms with Crippen LogP contribution in [0.25, 0.3) is 28.0 Å². The number of carbonyl (C=O) groups excluding carboxylic acids is 2. The first kappa shape index (κ1) is 53.1. The number of aromatic hydroxyl groups is 3. The van der Waals surface area contributed by atoms with Gasteiger partial charge in [-0.05, 0) is 191 Å². The summed E-state index contributed by atoms with van der Waals surface area (Å²) in [5.74, 6) is 5.90. The Morgan fingerprint density at radius 1 is 0.765 bits per heavy atom. The minimum atomic E-state index is -1.13. The zero-order valence-corrected chi connectivity index (χ0v) is 46.6. The number of aliphatic hydroxyl groups is 1. The summed E-state index contributed by atoms with van der Waals surface area (Å²) < 4.78 is 25.7. The SMILES string of the molecule is COc1cc2c(cc1O)C1CC(O)C3Cc4cc(O)c(OC)cc4C4CC(OC(=O)C56CCCC(C#CC7(CCCC7)CNCc7cccc(c7)-c7cc(O)cc8ccc5cc78)C6)CC(OC(C)=O)C(C2)C1(C=Cc1ccccc1)C43. The normalized spacial score (nSPS) is 29.7. The molecule has 1 heterocycles. The first-order valence-corrected chi connectivity index (χ1v) is 29.5. The maximum atomic E-state index is 16.5. The van der Waals surface area contributed by atoms with E-state index in [2.05, 4.69) is 71.8 Å². The number of allylic oxidation sites excluding steroid dienone is 1. The van der Waals surface area contributed by atoms with Gasteiger partial charge in [0.15, 0.2) is 23.0 Å². The molecule has 5 N–H and O–H groups in total. The van der Waals surface area contributed by atoms with Gasteiger partial charge in [0, 0.05) is 49.1 Å². The second kappa shape index (κ2) is 20.9. The first-order chi connectivity index (χ1) is 39.3. The fraction of sp³-hybridized carbons (Fsp3) is 0.429. The van der Waals surface area contributed by atoms with E-state index in [9.17, 15) is 25.2 Å². The van der Waals surface area contributed by atoms with Crippen molar-refractivity contribution in [3.63, 3.8) is 0 Å². The Hall–Kier alpha value is -7.26. The van der Waals surface area contributed by atoms with Crippen molar-refractivity contribution >= 4 is 28.8 Å². The van der Waals surface area contributed by atoms with Crippen molar-refractivity contribution in [2.75, 3.05) is 20.8 Å². The summed E-state index contributed by atoms with van der Waals surface area (Å²) in [4.78, 5) is 30.3. The zero-order valence-electron chi connectivity index (χ0n) is 46.6. The minimum Gasteiger partial charge on any atom is -0.508 e. The molecule has 6 aromatic rings. The van der Waals surface area contributed by atoms with Crippen LogP contribution in [0.15, 0.2) is 115 Å². The molecule has 11 heteroatoms. The number of esters is 2. The smallest absolute Gasteiger partial charge is 0.316 e. The fourth-order valence-electron chi connectivity index (χ4n) is 16.9. The molecule has 4 fully saturated rings. The van der Waals surface area contributed by atoms with Crippen LogP contribution in [-0.4, -0.2) is 71.4 Å². The number of methoxy groups -OCH3 is 2. The average Bonchev–Trinajstić information content (AvgIpc) is 3.93. The van der Waals surface area contributed by atoms with Gasteiger partial charge in [0.2, 0.25) is 0 Å². The Kier molecular flexibility index (Phi) is 13.7. The molecule has 6 aromatic carbocycles. The Labute approximate surface area is 474 Å². The van der Waals surface area contributed by atoms with E-state index >= 15 is 4.79 Å². The Morgan fingerprint density at radius 2 is 1.56 bits per heavy atom. The number of aliphatic hydroxyl groups excluding tert-OH is 1. The van der Waals surface area contributed by atoms with Crippen molar-refractivity contribution in [3.8, 4) is 51.7 Å². The number of phenols is 3. The molecule has 11 atom stereocenters. The van der Waals surface area contributed by atoms with Crippen LogP contribution >= 0.6 is 0 Å². The van der Waals surface area contributed by atoms with E-state index in [0.29, 0.717) is 56.6 Å². The third-order valence-electron chi connectivity index (χ3n) is 20.4. The van der Waals surface area contributed by atoms with Gasteiger partial charge in [0.25, 0.3) is 0 Å².